The van der Waals surface area contributed by atoms with E-state index in [1.807, 2.05) is 0 Å². The van der Waals surface area contributed by atoms with E-state index in [4.69, 9.17) is 17.0 Å². The molecule has 3 aromatic carbocycles. The van der Waals surface area contributed by atoms with Gasteiger partial charge in [-0.1, -0.05) is 86.2 Å². The summed E-state index contributed by atoms with van der Waals surface area (Å²) in [5, 5.41) is 2.65. The minimum atomic E-state index is -0.826. The Morgan fingerprint density at radius 3 is 2.24 bits per heavy atom. The van der Waals surface area contributed by atoms with E-state index in [0.717, 1.165) is 6.42 Å². The molecule has 0 saturated carbocycles. The fraction of sp³-hybridized carbons (Fsp3) is 0.182. The third-order valence-electron chi connectivity index (χ3n) is 4.74. The predicted octanol–water partition coefficient (Wildman–Crippen LogP) is 7.48. The Morgan fingerprint density at radius 2 is 1.48 bits per heavy atom. The Labute approximate surface area is 168 Å². The summed E-state index contributed by atoms with van der Waals surface area (Å²) in [6.45, 7) is 4.57. The van der Waals surface area contributed by atoms with E-state index in [2.05, 4.69) is 80.6 Å². The van der Waals surface area contributed by atoms with Crippen LogP contribution in [0.3, 0.4) is 0 Å². The van der Waals surface area contributed by atoms with Crippen molar-refractivity contribution in [2.75, 3.05) is 0 Å². The summed E-state index contributed by atoms with van der Waals surface area (Å²) in [5.41, 5.74) is 7.14. The first-order valence-corrected chi connectivity index (χ1v) is 14.8. The van der Waals surface area contributed by atoms with Gasteiger partial charge in [0.25, 0.3) is 0 Å². The van der Waals surface area contributed by atoms with Crippen LogP contribution in [0.4, 0.5) is 0 Å². The van der Waals surface area contributed by atoms with Crippen LogP contribution in [0.5, 0.6) is 0 Å². The molecular formula is C22H20Cl2Zr. The van der Waals surface area contributed by atoms with Gasteiger partial charge in [-0.2, -0.15) is 0 Å². The standard InChI is InChI=1S/C22H20.2ClH.Zr/c1-15(2)18-13-17-9-6-12-21(22(17)14-18)20-11-5-8-16-7-3-4-10-19(16)20;;;/h3-12,14-15H,13H2,1-2H3;2*1H;/q;;;+2/p-2. The van der Waals surface area contributed by atoms with Crippen LogP contribution < -0.4 is 0 Å². The number of hydrogen-bond acceptors (Lipinski definition) is 0. The number of allylic oxidation sites excluding steroid dienone is 1. The molecule has 126 valence electrons. The maximum atomic E-state index is 4.93. The molecule has 0 saturated heterocycles. The van der Waals surface area contributed by atoms with Gasteiger partial charge in [0.15, 0.2) is 0 Å². The Hall–Kier alpha value is -0.877. The van der Waals surface area contributed by atoms with Crippen LogP contribution in [0.2, 0.25) is 0 Å². The SMILES string of the molecule is CC(C)C1=Cc2c(cccc2-c2cccc3ccccc23)C1.[Cl][Zr][Cl]. The molecule has 1 aliphatic carbocycles. The summed E-state index contributed by atoms with van der Waals surface area (Å²) in [6.07, 6.45) is 3.52. The molecule has 0 bridgehead atoms. The molecule has 0 unspecified atom stereocenters. The van der Waals surface area contributed by atoms with Crippen molar-refractivity contribution in [1.29, 1.82) is 0 Å². The van der Waals surface area contributed by atoms with Crippen LogP contribution in [0, 0.1) is 5.92 Å². The molecule has 0 fully saturated rings. The molecule has 1 aliphatic rings. The number of hydrogen-bond donors (Lipinski definition) is 0. The zero-order chi connectivity index (χ0) is 17.8. The monoisotopic (exact) mass is 444 g/mol. The van der Waals surface area contributed by atoms with E-state index in [1.54, 1.807) is 5.57 Å². The molecule has 25 heavy (non-hydrogen) atoms. The fourth-order valence-corrected chi connectivity index (χ4v) is 3.46. The summed E-state index contributed by atoms with van der Waals surface area (Å²) in [5.74, 6) is 0.618. The van der Waals surface area contributed by atoms with Crippen molar-refractivity contribution in [3.63, 3.8) is 0 Å². The molecule has 0 amide bonds. The van der Waals surface area contributed by atoms with Crippen LogP contribution in [-0.2, 0) is 27.3 Å². The second-order valence-electron chi connectivity index (χ2n) is 6.53. The third kappa shape index (κ3) is 4.11. The average Bonchev–Trinajstić information content (AvgIpc) is 3.07. The average molecular weight is 447 g/mol. The molecule has 4 rings (SSSR count). The summed E-state index contributed by atoms with van der Waals surface area (Å²) >= 11 is -0.826. The molecule has 0 radical (unpaired) electrons. The van der Waals surface area contributed by atoms with Gasteiger partial charge in [-0.05, 0) is 45.4 Å². The summed E-state index contributed by atoms with van der Waals surface area (Å²) in [6, 6.07) is 22.0. The van der Waals surface area contributed by atoms with Crippen molar-refractivity contribution in [2.24, 2.45) is 5.92 Å². The van der Waals surface area contributed by atoms with Gasteiger partial charge in [0.2, 0.25) is 0 Å². The molecule has 0 nitrogen and oxygen atoms in total. The molecule has 0 aliphatic heterocycles. The number of benzene rings is 3. The van der Waals surface area contributed by atoms with Crippen molar-refractivity contribution in [3.05, 3.63) is 77.4 Å². The first kappa shape index (κ1) is 18.9. The zero-order valence-electron chi connectivity index (χ0n) is 14.4. The van der Waals surface area contributed by atoms with Gasteiger partial charge in [0.1, 0.15) is 0 Å². The Balaban J connectivity index is 0.000000569. The number of rotatable bonds is 2. The van der Waals surface area contributed by atoms with Gasteiger partial charge in [-0.3, -0.25) is 0 Å². The minimum absolute atomic E-state index is 0.618. The predicted molar refractivity (Wildman–Crippen MR) is 108 cm³/mol. The van der Waals surface area contributed by atoms with Crippen LogP contribution in [0.15, 0.2) is 66.2 Å². The van der Waals surface area contributed by atoms with E-state index in [1.165, 1.54) is 33.0 Å². The topological polar surface area (TPSA) is 0 Å². The first-order chi connectivity index (χ1) is 12.2. The summed E-state index contributed by atoms with van der Waals surface area (Å²) in [7, 11) is 9.87. The normalized spacial score (nSPS) is 12.4. The molecule has 0 spiro atoms. The third-order valence-corrected chi connectivity index (χ3v) is 4.74. The van der Waals surface area contributed by atoms with Crippen molar-refractivity contribution >= 4 is 33.9 Å². The summed E-state index contributed by atoms with van der Waals surface area (Å²) in [4.78, 5) is 0. The van der Waals surface area contributed by atoms with Crippen molar-refractivity contribution < 1.29 is 20.8 Å². The van der Waals surface area contributed by atoms with Crippen LogP contribution in [0.25, 0.3) is 28.0 Å². The van der Waals surface area contributed by atoms with Crippen LogP contribution in [-0.4, -0.2) is 0 Å². The molecular weight excluding hydrogens is 426 g/mol. The molecule has 0 aromatic heterocycles. The quantitative estimate of drug-likeness (QED) is 0.383. The van der Waals surface area contributed by atoms with Crippen LogP contribution >= 0.6 is 17.0 Å². The van der Waals surface area contributed by atoms with Gasteiger partial charge in [0, 0.05) is 0 Å². The van der Waals surface area contributed by atoms with Gasteiger partial charge in [0.05, 0.1) is 0 Å². The maximum absolute atomic E-state index is 4.93. The van der Waals surface area contributed by atoms with Gasteiger partial charge in [-0.15, -0.1) is 0 Å². The second-order valence-corrected chi connectivity index (χ2v) is 10.3. The Bertz CT molecular complexity index is 908. The molecule has 0 N–H and O–H groups in total. The van der Waals surface area contributed by atoms with Gasteiger partial charge >= 0.3 is 37.9 Å². The van der Waals surface area contributed by atoms with Crippen LogP contribution in [0.1, 0.15) is 25.0 Å². The van der Waals surface area contributed by atoms with Crippen molar-refractivity contribution in [1.82, 2.24) is 0 Å². The van der Waals surface area contributed by atoms with E-state index in [0.29, 0.717) is 5.92 Å². The second kappa shape index (κ2) is 8.67. The van der Waals surface area contributed by atoms with Gasteiger partial charge in [-0.25, -0.2) is 0 Å². The fourth-order valence-electron chi connectivity index (χ4n) is 3.46. The van der Waals surface area contributed by atoms with E-state index in [-0.39, 0.29) is 0 Å². The molecule has 3 aromatic rings. The molecule has 0 atom stereocenters. The van der Waals surface area contributed by atoms with E-state index >= 15 is 0 Å². The van der Waals surface area contributed by atoms with E-state index < -0.39 is 20.8 Å². The Kier molecular flexibility index (Phi) is 6.56. The number of fused-ring (bicyclic) bond motifs is 2. The van der Waals surface area contributed by atoms with Crippen molar-refractivity contribution in [2.45, 2.75) is 20.3 Å². The van der Waals surface area contributed by atoms with Gasteiger partial charge < -0.3 is 0 Å². The van der Waals surface area contributed by atoms with E-state index in [9.17, 15) is 0 Å². The molecule has 3 heteroatoms. The Morgan fingerprint density at radius 1 is 0.840 bits per heavy atom. The first-order valence-electron chi connectivity index (χ1n) is 8.42. The summed E-state index contributed by atoms with van der Waals surface area (Å²) < 4.78 is 0. The molecule has 0 heterocycles. The zero-order valence-corrected chi connectivity index (χ0v) is 18.4. The van der Waals surface area contributed by atoms with Crippen molar-refractivity contribution in [3.8, 4) is 11.1 Å². The number of halogens is 2.